The molecule has 0 aromatic carbocycles. The van der Waals surface area contributed by atoms with Crippen molar-refractivity contribution in [2.24, 2.45) is 50.2 Å². The van der Waals surface area contributed by atoms with Crippen molar-refractivity contribution in [1.82, 2.24) is 0 Å². The molecule has 30 atom stereocenters. The molecule has 22 heteroatoms. The lowest BCUT2D eigenvalue weighted by Gasteiger charge is -2.75. The summed E-state index contributed by atoms with van der Waals surface area (Å²) in [6, 6.07) is 0. The van der Waals surface area contributed by atoms with Crippen molar-refractivity contribution in [3.05, 3.63) is 0 Å². The second-order valence-electron chi connectivity index (χ2n) is 26.2. The molecule has 10 rings (SSSR count). The normalized spacial score (nSPS) is 58.5. The third-order valence-corrected chi connectivity index (χ3v) is 22.3. The molecule has 12 N–H and O–H groups in total. The molecular formula is C53H86O22. The van der Waals surface area contributed by atoms with Gasteiger partial charge in [0.25, 0.3) is 0 Å². The van der Waals surface area contributed by atoms with Crippen molar-refractivity contribution >= 4 is 6.29 Å². The van der Waals surface area contributed by atoms with Crippen LogP contribution in [0.15, 0.2) is 0 Å². The van der Waals surface area contributed by atoms with Gasteiger partial charge in [-0.2, -0.15) is 0 Å². The summed E-state index contributed by atoms with van der Waals surface area (Å²) < 4.78 is 56.8. The summed E-state index contributed by atoms with van der Waals surface area (Å²) in [7, 11) is 0. The quantitative estimate of drug-likeness (QED) is 0.0827. The maximum atomic E-state index is 12.6. The number of hydrogen-bond acceptors (Lipinski definition) is 22. The minimum Gasteiger partial charge on any atom is -0.394 e. The average molecular weight is 1080 g/mol. The summed E-state index contributed by atoms with van der Waals surface area (Å²) in [5.74, 6) is 0.408. The third kappa shape index (κ3) is 8.54. The van der Waals surface area contributed by atoms with E-state index in [4.69, 9.17) is 42.6 Å². The molecule has 5 heterocycles. The van der Waals surface area contributed by atoms with Gasteiger partial charge in [-0.25, -0.2) is 0 Å². The van der Waals surface area contributed by atoms with Crippen LogP contribution in [-0.2, 0) is 47.4 Å². The van der Waals surface area contributed by atoms with E-state index in [-0.39, 0.29) is 39.4 Å². The Labute approximate surface area is 437 Å². The van der Waals surface area contributed by atoms with E-state index in [0.29, 0.717) is 25.9 Å². The first-order chi connectivity index (χ1) is 35.2. The SMILES string of the molecule is C[C@@H]1O[C@@H](O[C@H]2[C@H](O[C@@H]3[C@@H](OC4O[C@@H](CO)[C@@H](O)[C@H](O)[C@@H]4O)[C@H](O[C@H]4CC[C@]5(C)[C@H]6CC[C@]78OC[C@@]9(CC[C@@](C)(C=O)C[C@H]97)[C@H](O)C[C@@]8(C)[C@]6(C)CC[C@H]5C4(C)C)OC[C@@H]3O)O[C@H](CO)[C@@H](O)[C@@H]2O)[C@H](O)[C@H](O)[C@H]1O. The van der Waals surface area contributed by atoms with Crippen LogP contribution in [0.25, 0.3) is 0 Å². The van der Waals surface area contributed by atoms with Crippen molar-refractivity contribution in [3.63, 3.8) is 0 Å². The largest absolute Gasteiger partial charge is 0.394 e. The van der Waals surface area contributed by atoms with Crippen LogP contribution in [-0.4, -0.2) is 229 Å². The maximum absolute atomic E-state index is 12.6. The molecule has 2 bridgehead atoms. The summed E-state index contributed by atoms with van der Waals surface area (Å²) >= 11 is 0. The van der Waals surface area contributed by atoms with Crippen molar-refractivity contribution in [2.45, 2.75) is 247 Å². The monoisotopic (exact) mass is 1070 g/mol. The minimum atomic E-state index is -1.92. The highest BCUT2D eigenvalue weighted by Crippen LogP contribution is 2.80. The standard InChI is InChI=1S/C53H86O22/c1-23-32(59)35(62)38(65)43(69-23)74-41-37(64)34(61)26(19-55)71-46(41)73-40-24(57)20-67-45(42(40)75-44-39(66)36(63)33(60)25(18-54)70-44)72-31-10-11-49(5)27(47(31,2)3)8-12-50(6)28(49)9-13-53-29-16-48(4,21-56)14-15-52(29,22-68-53)30(58)17-51(50,53)7/h21,23-46,54-55,57-66H,8-20,22H2,1-7H3/t23-,24-,25-,26+,27-,28+,29+,30+,31-,32-,33+,34+,35+,36-,37-,38+,39-,40-,41+,42+,43-,44?,45-,46-,48+,49-,50+,51-,52+,53-/m0/s1. The molecule has 0 radical (unpaired) electrons. The topological polar surface area (TPSA) is 343 Å². The van der Waals surface area contributed by atoms with Gasteiger partial charge in [0, 0.05) is 16.2 Å². The predicted octanol–water partition coefficient (Wildman–Crippen LogP) is -1.50. The average Bonchev–Trinajstić information content (AvgIpc) is 3.84. The van der Waals surface area contributed by atoms with E-state index in [9.17, 15) is 66.1 Å². The molecule has 1 spiro atoms. The molecule has 22 nitrogen and oxygen atoms in total. The molecule has 1 unspecified atom stereocenters. The highest BCUT2D eigenvalue weighted by molar-refractivity contribution is 5.59. The van der Waals surface area contributed by atoms with Gasteiger partial charge in [0.1, 0.15) is 91.7 Å². The number of hydrogen-bond donors (Lipinski definition) is 12. The Bertz CT molecular complexity index is 2050. The molecule has 5 aliphatic carbocycles. The van der Waals surface area contributed by atoms with Gasteiger partial charge in [-0.15, -0.1) is 0 Å². The van der Waals surface area contributed by atoms with E-state index in [2.05, 4.69) is 41.5 Å². The highest BCUT2D eigenvalue weighted by atomic mass is 16.8. The molecular weight excluding hydrogens is 989 g/mol. The van der Waals surface area contributed by atoms with Crippen molar-refractivity contribution in [1.29, 1.82) is 0 Å². The highest BCUT2D eigenvalue weighted by Gasteiger charge is 2.80. The fourth-order valence-corrected chi connectivity index (χ4v) is 17.6. The van der Waals surface area contributed by atoms with Crippen LogP contribution >= 0.6 is 0 Å². The van der Waals surface area contributed by atoms with Crippen molar-refractivity contribution in [3.8, 4) is 0 Å². The van der Waals surface area contributed by atoms with Gasteiger partial charge in [-0.3, -0.25) is 0 Å². The zero-order valence-electron chi connectivity index (χ0n) is 44.3. The van der Waals surface area contributed by atoms with Crippen molar-refractivity contribution < 1.29 is 109 Å². The molecule has 0 aromatic heterocycles. The van der Waals surface area contributed by atoms with Crippen LogP contribution in [0.2, 0.25) is 0 Å². The molecule has 0 amide bonds. The van der Waals surface area contributed by atoms with E-state index in [1.54, 1.807) is 0 Å². The van der Waals surface area contributed by atoms with Gasteiger partial charge in [0.2, 0.25) is 0 Å². The lowest BCUT2D eigenvalue weighted by atomic mass is 9.30. The number of rotatable bonds is 11. The molecule has 5 saturated heterocycles. The van der Waals surface area contributed by atoms with Gasteiger partial charge in [0.15, 0.2) is 25.2 Å². The Kier molecular flexibility index (Phi) is 15.3. The van der Waals surface area contributed by atoms with Gasteiger partial charge < -0.3 is 109 Å². The van der Waals surface area contributed by atoms with Crippen LogP contribution in [0.5, 0.6) is 0 Å². The molecule has 430 valence electrons. The summed E-state index contributed by atoms with van der Waals surface area (Å²) in [4.78, 5) is 12.6. The van der Waals surface area contributed by atoms with Gasteiger partial charge in [0.05, 0.1) is 50.3 Å². The number of carbonyl (C=O) groups is 1. The Balaban J connectivity index is 0.934. The van der Waals surface area contributed by atoms with Crippen LogP contribution in [0.3, 0.4) is 0 Å². The second-order valence-corrected chi connectivity index (χ2v) is 26.2. The number of aliphatic hydroxyl groups excluding tert-OH is 12. The summed E-state index contributed by atoms with van der Waals surface area (Å²) in [5, 5.41) is 132. The number of ether oxygens (including phenoxy) is 9. The Hall–Kier alpha value is -1.17. The number of fused-ring (bicyclic) bond motifs is 4. The molecule has 5 aliphatic heterocycles. The van der Waals surface area contributed by atoms with E-state index in [0.717, 1.165) is 51.2 Å². The summed E-state index contributed by atoms with van der Waals surface area (Å²) in [6.07, 6.45) is -24.0. The zero-order valence-corrected chi connectivity index (χ0v) is 44.3. The van der Waals surface area contributed by atoms with Crippen molar-refractivity contribution in [2.75, 3.05) is 26.4 Å². The smallest absolute Gasteiger partial charge is 0.187 e. The van der Waals surface area contributed by atoms with Gasteiger partial charge in [-0.05, 0) is 105 Å². The lowest BCUT2D eigenvalue weighted by Crippen LogP contribution is -2.74. The molecule has 0 aromatic rings. The molecule has 10 fully saturated rings. The van der Waals surface area contributed by atoms with Crippen LogP contribution in [0.1, 0.15) is 113 Å². The molecule has 75 heavy (non-hydrogen) atoms. The Morgan fingerprint density at radius 1 is 0.560 bits per heavy atom. The van der Waals surface area contributed by atoms with E-state index in [1.165, 1.54) is 6.92 Å². The number of aliphatic hydroxyl groups is 12. The first kappa shape index (κ1) is 57.1. The Morgan fingerprint density at radius 3 is 1.83 bits per heavy atom. The maximum Gasteiger partial charge on any atom is 0.187 e. The van der Waals surface area contributed by atoms with Gasteiger partial charge in [-0.1, -0.05) is 41.5 Å². The Morgan fingerprint density at radius 2 is 1.16 bits per heavy atom. The molecule has 5 saturated carbocycles. The number of aldehydes is 1. The third-order valence-electron chi connectivity index (χ3n) is 22.3. The first-order valence-corrected chi connectivity index (χ1v) is 27.5. The second kappa shape index (κ2) is 20.1. The summed E-state index contributed by atoms with van der Waals surface area (Å²) in [6.45, 7) is 13.5. The van der Waals surface area contributed by atoms with Crippen LogP contribution < -0.4 is 0 Å². The summed E-state index contributed by atoms with van der Waals surface area (Å²) in [5.41, 5.74) is -2.67. The van der Waals surface area contributed by atoms with Crippen LogP contribution in [0, 0.1) is 50.2 Å². The fraction of sp³-hybridized carbons (Fsp3) is 0.981. The first-order valence-electron chi connectivity index (χ1n) is 27.5. The lowest BCUT2D eigenvalue weighted by molar-refractivity contribution is -0.401. The van der Waals surface area contributed by atoms with E-state index >= 15 is 0 Å². The van der Waals surface area contributed by atoms with E-state index < -0.39 is 165 Å². The minimum absolute atomic E-state index is 0.0639. The fourth-order valence-electron chi connectivity index (χ4n) is 17.6. The molecule has 10 aliphatic rings. The zero-order chi connectivity index (χ0) is 54.3. The predicted molar refractivity (Wildman–Crippen MR) is 255 cm³/mol. The van der Waals surface area contributed by atoms with E-state index in [1.807, 2.05) is 0 Å². The number of carbonyl (C=O) groups excluding carboxylic acids is 1. The van der Waals surface area contributed by atoms with Gasteiger partial charge >= 0.3 is 0 Å². The van der Waals surface area contributed by atoms with Crippen LogP contribution in [0.4, 0.5) is 0 Å².